The van der Waals surface area contributed by atoms with E-state index >= 15 is 0 Å². The summed E-state index contributed by atoms with van der Waals surface area (Å²) in [6, 6.07) is 8.51. The van der Waals surface area contributed by atoms with Crippen LogP contribution in [-0.2, 0) is 17.7 Å². The van der Waals surface area contributed by atoms with Gasteiger partial charge in [-0.2, -0.15) is 0 Å². The van der Waals surface area contributed by atoms with Crippen LogP contribution in [0.1, 0.15) is 18.1 Å². The van der Waals surface area contributed by atoms with Crippen molar-refractivity contribution in [3.8, 4) is 0 Å². The van der Waals surface area contributed by atoms with Gasteiger partial charge in [-0.1, -0.05) is 31.2 Å². The molecule has 0 amide bonds. The molecule has 0 aliphatic carbocycles. The maximum absolute atomic E-state index is 5.07. The number of hydrogen-bond donors (Lipinski definition) is 2. The Kier molecular flexibility index (Phi) is 9.26. The van der Waals surface area contributed by atoms with E-state index in [1.165, 1.54) is 11.1 Å². The Hall–Kier alpha value is -1.59. The second-order valence-electron chi connectivity index (χ2n) is 5.27. The first-order valence-electron chi connectivity index (χ1n) is 7.90. The summed E-state index contributed by atoms with van der Waals surface area (Å²) in [5, 5.41) is 6.71. The van der Waals surface area contributed by atoms with E-state index in [1.54, 1.807) is 14.2 Å². The van der Waals surface area contributed by atoms with Crippen molar-refractivity contribution in [2.75, 3.05) is 47.4 Å². The smallest absolute Gasteiger partial charge is 0.191 e. The van der Waals surface area contributed by atoms with E-state index in [-0.39, 0.29) is 0 Å². The summed E-state index contributed by atoms with van der Waals surface area (Å²) in [6.07, 6.45) is 1.05. The van der Waals surface area contributed by atoms with Crippen LogP contribution >= 0.6 is 0 Å². The third-order valence-electron chi connectivity index (χ3n) is 3.63. The number of benzene rings is 1. The van der Waals surface area contributed by atoms with Crippen molar-refractivity contribution in [2.45, 2.75) is 19.9 Å². The zero-order chi connectivity index (χ0) is 16.2. The zero-order valence-corrected chi connectivity index (χ0v) is 14.4. The molecule has 0 saturated heterocycles. The predicted octanol–water partition coefficient (Wildman–Crippen LogP) is 1.49. The van der Waals surface area contributed by atoms with Crippen LogP contribution in [0.3, 0.4) is 0 Å². The van der Waals surface area contributed by atoms with Crippen molar-refractivity contribution in [2.24, 2.45) is 4.99 Å². The number of aryl methyl sites for hydroxylation is 1. The molecule has 0 radical (unpaired) electrons. The average Bonchev–Trinajstić information content (AvgIpc) is 2.56. The standard InChI is InChI=1S/C17H30N4O/c1-5-15-8-6-7-9-16(15)14-20-17(18-2)19-10-11-21(3)12-13-22-4/h6-9H,5,10-14H2,1-4H3,(H2,18,19,20). The molecule has 124 valence electrons. The molecule has 5 nitrogen and oxygen atoms in total. The van der Waals surface area contributed by atoms with E-state index < -0.39 is 0 Å². The van der Waals surface area contributed by atoms with Gasteiger partial charge in [0.1, 0.15) is 0 Å². The van der Waals surface area contributed by atoms with E-state index in [0.717, 1.165) is 45.2 Å². The number of likely N-dealkylation sites (N-methyl/N-ethyl adjacent to an activating group) is 1. The Morgan fingerprint density at radius 3 is 2.55 bits per heavy atom. The highest BCUT2D eigenvalue weighted by atomic mass is 16.5. The minimum absolute atomic E-state index is 0.761. The number of hydrogen-bond acceptors (Lipinski definition) is 3. The third kappa shape index (κ3) is 6.91. The summed E-state index contributed by atoms with van der Waals surface area (Å²) >= 11 is 0. The fraction of sp³-hybridized carbons (Fsp3) is 0.588. The molecule has 1 aromatic rings. The molecule has 0 fully saturated rings. The molecular weight excluding hydrogens is 276 g/mol. The van der Waals surface area contributed by atoms with Crippen molar-refractivity contribution in [3.63, 3.8) is 0 Å². The van der Waals surface area contributed by atoms with Crippen LogP contribution in [0.2, 0.25) is 0 Å². The van der Waals surface area contributed by atoms with Gasteiger partial charge in [-0.05, 0) is 24.6 Å². The van der Waals surface area contributed by atoms with Gasteiger partial charge in [0.05, 0.1) is 6.61 Å². The van der Waals surface area contributed by atoms with Crippen molar-refractivity contribution in [1.29, 1.82) is 0 Å². The number of rotatable bonds is 9. The van der Waals surface area contributed by atoms with Gasteiger partial charge < -0.3 is 20.3 Å². The summed E-state index contributed by atoms with van der Waals surface area (Å²) in [6.45, 7) is 6.49. The highest BCUT2D eigenvalue weighted by Gasteiger charge is 2.03. The predicted molar refractivity (Wildman–Crippen MR) is 93.4 cm³/mol. The highest BCUT2D eigenvalue weighted by molar-refractivity contribution is 5.79. The van der Waals surface area contributed by atoms with Crippen LogP contribution in [0.15, 0.2) is 29.3 Å². The summed E-state index contributed by atoms with van der Waals surface area (Å²) in [5.41, 5.74) is 2.70. The van der Waals surface area contributed by atoms with Gasteiger partial charge in [-0.3, -0.25) is 4.99 Å². The van der Waals surface area contributed by atoms with E-state index in [2.05, 4.69) is 58.8 Å². The average molecular weight is 306 g/mol. The molecule has 1 aromatic carbocycles. The van der Waals surface area contributed by atoms with Crippen molar-refractivity contribution in [3.05, 3.63) is 35.4 Å². The minimum Gasteiger partial charge on any atom is -0.383 e. The largest absolute Gasteiger partial charge is 0.383 e. The Bertz CT molecular complexity index is 448. The second kappa shape index (κ2) is 11.0. The second-order valence-corrected chi connectivity index (χ2v) is 5.27. The summed E-state index contributed by atoms with van der Waals surface area (Å²) < 4.78 is 5.07. The molecule has 0 aliphatic rings. The van der Waals surface area contributed by atoms with Gasteiger partial charge in [0, 0.05) is 40.3 Å². The molecule has 0 saturated carbocycles. The lowest BCUT2D eigenvalue weighted by molar-refractivity contribution is 0.162. The summed E-state index contributed by atoms with van der Waals surface area (Å²) in [7, 11) is 5.62. The SMILES string of the molecule is CCc1ccccc1CNC(=NC)NCCN(C)CCOC. The number of guanidine groups is 1. The van der Waals surface area contributed by atoms with Gasteiger partial charge in [-0.25, -0.2) is 0 Å². The molecule has 0 aromatic heterocycles. The lowest BCUT2D eigenvalue weighted by Gasteiger charge is -2.18. The molecule has 0 spiro atoms. The first-order chi connectivity index (χ1) is 10.7. The van der Waals surface area contributed by atoms with Crippen LogP contribution in [0.4, 0.5) is 0 Å². The van der Waals surface area contributed by atoms with Crippen molar-refractivity contribution < 1.29 is 4.74 Å². The fourth-order valence-electron chi connectivity index (χ4n) is 2.20. The Balaban J connectivity index is 2.34. The van der Waals surface area contributed by atoms with Crippen LogP contribution in [0.25, 0.3) is 0 Å². The lowest BCUT2D eigenvalue weighted by atomic mass is 10.1. The molecule has 22 heavy (non-hydrogen) atoms. The molecule has 0 bridgehead atoms. The van der Waals surface area contributed by atoms with E-state index in [4.69, 9.17) is 4.74 Å². The molecule has 0 aliphatic heterocycles. The summed E-state index contributed by atoms with van der Waals surface area (Å²) in [5.74, 6) is 0.839. The van der Waals surface area contributed by atoms with Gasteiger partial charge in [-0.15, -0.1) is 0 Å². The maximum Gasteiger partial charge on any atom is 0.191 e. The molecule has 0 heterocycles. The van der Waals surface area contributed by atoms with E-state index in [1.807, 2.05) is 0 Å². The number of methoxy groups -OCH3 is 1. The molecule has 1 rings (SSSR count). The minimum atomic E-state index is 0.761. The van der Waals surface area contributed by atoms with Crippen LogP contribution < -0.4 is 10.6 Å². The Labute approximate surface area is 134 Å². The molecule has 0 atom stereocenters. The van der Waals surface area contributed by atoms with Gasteiger partial charge in [0.25, 0.3) is 0 Å². The molecule has 2 N–H and O–H groups in total. The monoisotopic (exact) mass is 306 g/mol. The summed E-state index contributed by atoms with van der Waals surface area (Å²) in [4.78, 5) is 6.50. The molecule has 0 unspecified atom stereocenters. The van der Waals surface area contributed by atoms with E-state index in [9.17, 15) is 0 Å². The topological polar surface area (TPSA) is 48.9 Å². The third-order valence-corrected chi connectivity index (χ3v) is 3.63. The van der Waals surface area contributed by atoms with Crippen LogP contribution in [-0.4, -0.2) is 58.3 Å². The number of nitrogens with one attached hydrogen (secondary N) is 2. The van der Waals surface area contributed by atoms with Gasteiger partial charge >= 0.3 is 0 Å². The van der Waals surface area contributed by atoms with Crippen molar-refractivity contribution in [1.82, 2.24) is 15.5 Å². The van der Waals surface area contributed by atoms with E-state index in [0.29, 0.717) is 0 Å². The zero-order valence-electron chi connectivity index (χ0n) is 14.4. The number of nitrogens with zero attached hydrogens (tertiary/aromatic N) is 2. The maximum atomic E-state index is 5.07. The Morgan fingerprint density at radius 1 is 1.18 bits per heavy atom. The number of ether oxygens (including phenoxy) is 1. The van der Waals surface area contributed by atoms with Gasteiger partial charge in [0.15, 0.2) is 5.96 Å². The van der Waals surface area contributed by atoms with Gasteiger partial charge in [0.2, 0.25) is 0 Å². The molecule has 5 heteroatoms. The number of aliphatic imine (C=N–C) groups is 1. The van der Waals surface area contributed by atoms with Crippen LogP contribution in [0, 0.1) is 0 Å². The Morgan fingerprint density at radius 2 is 1.91 bits per heavy atom. The first kappa shape index (κ1) is 18.5. The fourth-order valence-corrected chi connectivity index (χ4v) is 2.20. The lowest BCUT2D eigenvalue weighted by Crippen LogP contribution is -2.41. The molecular formula is C17H30N4O. The highest BCUT2D eigenvalue weighted by Crippen LogP contribution is 2.08. The normalized spacial score (nSPS) is 11.8. The van der Waals surface area contributed by atoms with Crippen molar-refractivity contribution >= 4 is 5.96 Å². The van der Waals surface area contributed by atoms with Crippen LogP contribution in [0.5, 0.6) is 0 Å². The quantitative estimate of drug-likeness (QED) is 0.536. The first-order valence-corrected chi connectivity index (χ1v) is 7.90.